The summed E-state index contributed by atoms with van der Waals surface area (Å²) >= 11 is 0. The zero-order valence-electron chi connectivity index (χ0n) is 12.1. The summed E-state index contributed by atoms with van der Waals surface area (Å²) in [6.07, 6.45) is 0.965. The minimum absolute atomic E-state index is 0.0813. The number of nitrogens with zero attached hydrogens (tertiary/aromatic N) is 2. The molecule has 0 unspecified atom stereocenters. The molecule has 1 heterocycles. The first kappa shape index (κ1) is 12.9. The lowest BCUT2D eigenvalue weighted by atomic mass is 9.90. The summed E-state index contributed by atoms with van der Waals surface area (Å²) in [7, 11) is 0. The Morgan fingerprint density at radius 3 is 2.50 bits per heavy atom. The van der Waals surface area contributed by atoms with E-state index in [9.17, 15) is 0 Å². The standard InChI is InChI=1S/C17H18N2O/c1-4-17(2,3)16-19-18-15(20-16)14-10-9-12-7-5-6-8-13(12)11-14/h5-11H,4H2,1-3H3. The summed E-state index contributed by atoms with van der Waals surface area (Å²) in [4.78, 5) is 0. The van der Waals surface area contributed by atoms with Crippen LogP contribution in [0.4, 0.5) is 0 Å². The van der Waals surface area contributed by atoms with Crippen LogP contribution in [0, 0.1) is 0 Å². The molecule has 0 aliphatic heterocycles. The largest absolute Gasteiger partial charge is 0.420 e. The fraction of sp³-hybridized carbons (Fsp3) is 0.294. The van der Waals surface area contributed by atoms with Crippen molar-refractivity contribution in [3.63, 3.8) is 0 Å². The molecule has 0 bridgehead atoms. The molecule has 0 fully saturated rings. The van der Waals surface area contributed by atoms with Crippen molar-refractivity contribution in [2.45, 2.75) is 32.6 Å². The van der Waals surface area contributed by atoms with Gasteiger partial charge in [-0.05, 0) is 29.3 Å². The van der Waals surface area contributed by atoms with Gasteiger partial charge in [-0.2, -0.15) is 0 Å². The Hall–Kier alpha value is -2.16. The van der Waals surface area contributed by atoms with Crippen molar-refractivity contribution in [2.24, 2.45) is 0 Å². The van der Waals surface area contributed by atoms with Crippen LogP contribution in [-0.4, -0.2) is 10.2 Å². The van der Waals surface area contributed by atoms with Crippen LogP contribution >= 0.6 is 0 Å². The summed E-state index contributed by atoms with van der Waals surface area (Å²) < 4.78 is 5.85. The molecule has 0 spiro atoms. The van der Waals surface area contributed by atoms with E-state index in [0.717, 1.165) is 12.0 Å². The second-order valence-corrected chi connectivity index (χ2v) is 5.71. The fourth-order valence-corrected chi connectivity index (χ4v) is 2.09. The molecular formula is C17H18N2O. The van der Waals surface area contributed by atoms with Crippen molar-refractivity contribution >= 4 is 10.8 Å². The molecular weight excluding hydrogens is 248 g/mol. The van der Waals surface area contributed by atoms with Gasteiger partial charge in [0.1, 0.15) is 0 Å². The van der Waals surface area contributed by atoms with Gasteiger partial charge in [0.05, 0.1) is 0 Å². The maximum absolute atomic E-state index is 5.85. The molecule has 3 heteroatoms. The average molecular weight is 266 g/mol. The van der Waals surface area contributed by atoms with Gasteiger partial charge in [-0.1, -0.05) is 51.1 Å². The van der Waals surface area contributed by atoms with Crippen LogP contribution in [0.1, 0.15) is 33.1 Å². The second kappa shape index (κ2) is 4.75. The molecule has 102 valence electrons. The Kier molecular flexibility index (Phi) is 3.05. The van der Waals surface area contributed by atoms with Crippen LogP contribution in [0.5, 0.6) is 0 Å². The fourth-order valence-electron chi connectivity index (χ4n) is 2.09. The maximum Gasteiger partial charge on any atom is 0.247 e. The molecule has 0 aliphatic carbocycles. The van der Waals surface area contributed by atoms with Gasteiger partial charge in [-0.25, -0.2) is 0 Å². The number of aromatic nitrogens is 2. The summed E-state index contributed by atoms with van der Waals surface area (Å²) in [5, 5.41) is 10.8. The molecule has 0 radical (unpaired) electrons. The molecule has 1 aromatic heterocycles. The zero-order valence-corrected chi connectivity index (χ0v) is 12.1. The number of hydrogen-bond acceptors (Lipinski definition) is 3. The van der Waals surface area contributed by atoms with Crippen LogP contribution in [-0.2, 0) is 5.41 Å². The van der Waals surface area contributed by atoms with E-state index in [0.29, 0.717) is 11.8 Å². The van der Waals surface area contributed by atoms with Crippen molar-refractivity contribution in [1.82, 2.24) is 10.2 Å². The van der Waals surface area contributed by atoms with E-state index in [1.165, 1.54) is 10.8 Å². The molecule has 0 N–H and O–H groups in total. The topological polar surface area (TPSA) is 38.9 Å². The quantitative estimate of drug-likeness (QED) is 0.696. The number of rotatable bonds is 3. The van der Waals surface area contributed by atoms with Gasteiger partial charge < -0.3 is 4.42 Å². The predicted octanol–water partition coefficient (Wildman–Crippen LogP) is 4.58. The Balaban J connectivity index is 2.03. The van der Waals surface area contributed by atoms with Crippen LogP contribution in [0.15, 0.2) is 46.9 Å². The summed E-state index contributed by atoms with van der Waals surface area (Å²) in [5.74, 6) is 1.29. The first-order chi connectivity index (χ1) is 9.60. The normalized spacial score (nSPS) is 11.9. The Labute approximate surface area is 118 Å². The van der Waals surface area contributed by atoms with Gasteiger partial charge in [-0.15, -0.1) is 10.2 Å². The van der Waals surface area contributed by atoms with Crippen molar-refractivity contribution in [3.05, 3.63) is 48.4 Å². The molecule has 3 aromatic rings. The lowest BCUT2D eigenvalue weighted by Crippen LogP contribution is -2.15. The lowest BCUT2D eigenvalue weighted by molar-refractivity contribution is 0.365. The predicted molar refractivity (Wildman–Crippen MR) is 80.6 cm³/mol. The number of hydrogen-bond donors (Lipinski definition) is 0. The summed E-state index contributed by atoms with van der Waals surface area (Å²) in [6.45, 7) is 6.36. The molecule has 0 amide bonds. The third-order valence-electron chi connectivity index (χ3n) is 3.88. The Bertz CT molecular complexity index is 743. The molecule has 0 saturated carbocycles. The molecule has 20 heavy (non-hydrogen) atoms. The third kappa shape index (κ3) is 2.20. The first-order valence-electron chi connectivity index (χ1n) is 6.93. The van der Waals surface area contributed by atoms with Crippen LogP contribution in [0.3, 0.4) is 0 Å². The minimum Gasteiger partial charge on any atom is -0.420 e. The molecule has 3 rings (SSSR count). The van der Waals surface area contributed by atoms with E-state index >= 15 is 0 Å². The van der Waals surface area contributed by atoms with Gasteiger partial charge in [0.15, 0.2) is 0 Å². The van der Waals surface area contributed by atoms with E-state index < -0.39 is 0 Å². The highest BCUT2D eigenvalue weighted by atomic mass is 16.4. The van der Waals surface area contributed by atoms with Crippen molar-refractivity contribution in [1.29, 1.82) is 0 Å². The van der Waals surface area contributed by atoms with E-state index in [1.807, 2.05) is 18.2 Å². The van der Waals surface area contributed by atoms with E-state index in [-0.39, 0.29) is 5.41 Å². The number of benzene rings is 2. The summed E-state index contributed by atoms with van der Waals surface area (Å²) in [6, 6.07) is 14.5. The smallest absolute Gasteiger partial charge is 0.247 e. The van der Waals surface area contributed by atoms with E-state index in [1.54, 1.807) is 0 Å². The average Bonchev–Trinajstić information content (AvgIpc) is 2.97. The molecule has 0 saturated heterocycles. The van der Waals surface area contributed by atoms with Gasteiger partial charge in [0.2, 0.25) is 11.8 Å². The van der Waals surface area contributed by atoms with Crippen LogP contribution < -0.4 is 0 Å². The van der Waals surface area contributed by atoms with Crippen molar-refractivity contribution in [2.75, 3.05) is 0 Å². The molecule has 2 aromatic carbocycles. The van der Waals surface area contributed by atoms with Gasteiger partial charge >= 0.3 is 0 Å². The maximum atomic E-state index is 5.85. The van der Waals surface area contributed by atoms with Crippen molar-refractivity contribution in [3.8, 4) is 11.5 Å². The SMILES string of the molecule is CCC(C)(C)c1nnc(-c2ccc3ccccc3c2)o1. The number of fused-ring (bicyclic) bond motifs is 1. The van der Waals surface area contributed by atoms with E-state index in [4.69, 9.17) is 4.42 Å². The monoisotopic (exact) mass is 266 g/mol. The highest BCUT2D eigenvalue weighted by molar-refractivity contribution is 5.86. The first-order valence-corrected chi connectivity index (χ1v) is 6.93. The summed E-state index contributed by atoms with van der Waals surface area (Å²) in [5.41, 5.74) is 0.886. The van der Waals surface area contributed by atoms with Crippen LogP contribution in [0.25, 0.3) is 22.2 Å². The second-order valence-electron chi connectivity index (χ2n) is 5.71. The van der Waals surface area contributed by atoms with Gasteiger partial charge in [0, 0.05) is 11.0 Å². The Morgan fingerprint density at radius 2 is 1.75 bits per heavy atom. The molecule has 0 atom stereocenters. The van der Waals surface area contributed by atoms with Gasteiger partial charge in [0.25, 0.3) is 0 Å². The lowest BCUT2D eigenvalue weighted by Gasteiger charge is -2.16. The minimum atomic E-state index is -0.0813. The zero-order chi connectivity index (χ0) is 14.2. The van der Waals surface area contributed by atoms with Gasteiger partial charge in [-0.3, -0.25) is 0 Å². The Morgan fingerprint density at radius 1 is 1.00 bits per heavy atom. The highest BCUT2D eigenvalue weighted by Gasteiger charge is 2.25. The highest BCUT2D eigenvalue weighted by Crippen LogP contribution is 2.29. The third-order valence-corrected chi connectivity index (χ3v) is 3.88. The molecule has 3 nitrogen and oxygen atoms in total. The van der Waals surface area contributed by atoms with Crippen LogP contribution in [0.2, 0.25) is 0 Å². The van der Waals surface area contributed by atoms with E-state index in [2.05, 4.69) is 55.2 Å². The van der Waals surface area contributed by atoms with Crippen molar-refractivity contribution < 1.29 is 4.42 Å². The molecule has 0 aliphatic rings.